The van der Waals surface area contributed by atoms with Gasteiger partial charge in [-0.15, -0.1) is 0 Å². The molecule has 0 aliphatic heterocycles. The zero-order valence-electron chi connectivity index (χ0n) is 35.5. The molecule has 55 heavy (non-hydrogen) atoms. The largest absolute Gasteiger partial charge is 0.462 e. The molecule has 2 atom stereocenters. The van der Waals surface area contributed by atoms with E-state index >= 15 is 0 Å². The number of hydrogen-bond donors (Lipinski definition) is 0. The van der Waals surface area contributed by atoms with Gasteiger partial charge in [0.15, 0.2) is 6.10 Å². The van der Waals surface area contributed by atoms with Crippen LogP contribution in [0.1, 0.15) is 182 Å². The van der Waals surface area contributed by atoms with Gasteiger partial charge in [-0.25, -0.2) is 0 Å². The van der Waals surface area contributed by atoms with Crippen molar-refractivity contribution in [2.75, 3.05) is 19.8 Å². The summed E-state index contributed by atoms with van der Waals surface area (Å²) < 4.78 is 22.1. The third-order valence-electron chi connectivity index (χ3n) is 8.97. The Hall–Kier alpha value is -3.19. The molecule has 0 saturated carbocycles. The number of allylic oxidation sites excluding steroid dienone is 12. The zero-order chi connectivity index (χ0) is 40.3. The van der Waals surface area contributed by atoms with E-state index in [4.69, 9.17) is 18.9 Å². The smallest absolute Gasteiger partial charge is 0.309 e. The predicted octanol–water partition coefficient (Wildman–Crippen LogP) is 13.1. The molecule has 0 amide bonds. The molecule has 0 aliphatic rings. The normalized spacial score (nSPS) is 13.3. The molecule has 0 spiro atoms. The minimum atomic E-state index is -0.692. The number of carbonyl (C=O) groups excluding carboxylic acids is 3. The minimum Gasteiger partial charge on any atom is -0.462 e. The Kier molecular flexibility index (Phi) is 39.5. The molecule has 0 fully saturated rings. The molecule has 0 aromatic rings. The van der Waals surface area contributed by atoms with E-state index in [1.165, 1.54) is 84.0 Å². The van der Waals surface area contributed by atoms with E-state index < -0.39 is 24.1 Å². The Morgan fingerprint density at radius 3 is 1.40 bits per heavy atom. The van der Waals surface area contributed by atoms with Gasteiger partial charge >= 0.3 is 17.9 Å². The highest BCUT2D eigenvalue weighted by Gasteiger charge is 2.20. The monoisotopic (exact) mass is 769 g/mol. The highest BCUT2D eigenvalue weighted by atomic mass is 16.6. The summed E-state index contributed by atoms with van der Waals surface area (Å²) >= 11 is 0. The van der Waals surface area contributed by atoms with Crippen molar-refractivity contribution in [2.24, 2.45) is 0 Å². The van der Waals surface area contributed by atoms with Crippen LogP contribution in [0.3, 0.4) is 0 Å². The van der Waals surface area contributed by atoms with Gasteiger partial charge in [0, 0.05) is 20.0 Å². The summed E-state index contributed by atoms with van der Waals surface area (Å²) in [5.41, 5.74) is 0. The number of hydrogen-bond acceptors (Lipinski definition) is 7. The molecule has 7 heteroatoms. The number of ether oxygens (including phenoxy) is 4. The predicted molar refractivity (Wildman–Crippen MR) is 230 cm³/mol. The molecule has 0 N–H and O–H groups in total. The van der Waals surface area contributed by atoms with Crippen molar-refractivity contribution in [3.8, 4) is 0 Å². The first-order valence-electron chi connectivity index (χ1n) is 21.9. The molecule has 0 radical (unpaired) electrons. The maximum Gasteiger partial charge on any atom is 0.309 e. The van der Waals surface area contributed by atoms with E-state index in [1.807, 2.05) is 19.1 Å². The first kappa shape index (κ1) is 51.8. The SMILES string of the molecule is CC/C=C\C/C=C\C/C=C\C/C=C\C/C=C\C/C=C\CCC(=O)OC(COCCCCCCCCCCCCCCCC)COC(=O)CC(CC)OC(C)=O. The maximum absolute atomic E-state index is 12.7. The van der Waals surface area contributed by atoms with Gasteiger partial charge in [-0.05, 0) is 57.8 Å². The van der Waals surface area contributed by atoms with Crippen LogP contribution in [-0.2, 0) is 33.3 Å². The van der Waals surface area contributed by atoms with Crippen molar-refractivity contribution >= 4 is 17.9 Å². The summed E-state index contributed by atoms with van der Waals surface area (Å²) in [6.45, 7) is 8.21. The van der Waals surface area contributed by atoms with Crippen LogP contribution in [0.5, 0.6) is 0 Å². The molecule has 0 rings (SSSR count). The Morgan fingerprint density at radius 1 is 0.491 bits per heavy atom. The van der Waals surface area contributed by atoms with E-state index in [1.54, 1.807) is 0 Å². The van der Waals surface area contributed by atoms with Crippen LogP contribution in [0.4, 0.5) is 0 Å². The fraction of sp³-hybridized carbons (Fsp3) is 0.688. The standard InChI is InChI=1S/C48H80O7/c1-5-8-10-12-14-16-18-20-22-23-24-25-26-27-29-31-33-35-37-39-47(50)55-46(43-53-48(51)41-45(7-3)54-44(4)49)42-52-40-38-36-34-32-30-28-21-19-17-15-13-11-9-6-2/h8,10,14,16,20,22,24-25,27,29,33,35,45-46H,5-7,9,11-13,15,17-19,21,23,26,28,30-32,34,36-43H2,1-4H3/b10-8-,16-14-,22-20-,25-24-,29-27-,35-33-. The van der Waals surface area contributed by atoms with Crippen molar-refractivity contribution in [1.82, 2.24) is 0 Å². The van der Waals surface area contributed by atoms with Crippen molar-refractivity contribution in [2.45, 2.75) is 194 Å². The van der Waals surface area contributed by atoms with Gasteiger partial charge in [-0.1, -0.05) is 177 Å². The molecule has 0 aromatic heterocycles. The molecule has 314 valence electrons. The zero-order valence-corrected chi connectivity index (χ0v) is 35.5. The topological polar surface area (TPSA) is 88.1 Å². The molecular weight excluding hydrogens is 689 g/mol. The van der Waals surface area contributed by atoms with Gasteiger partial charge in [0.1, 0.15) is 12.7 Å². The number of unbranched alkanes of at least 4 members (excludes halogenated alkanes) is 13. The quantitative estimate of drug-likeness (QED) is 0.0267. The fourth-order valence-electron chi connectivity index (χ4n) is 5.75. The van der Waals surface area contributed by atoms with E-state index in [0.29, 0.717) is 19.4 Å². The van der Waals surface area contributed by atoms with Crippen LogP contribution in [-0.4, -0.2) is 49.9 Å². The second-order valence-electron chi connectivity index (χ2n) is 14.3. The lowest BCUT2D eigenvalue weighted by atomic mass is 10.0. The lowest BCUT2D eigenvalue weighted by molar-refractivity contribution is -0.165. The number of esters is 3. The Bertz CT molecular complexity index is 1080. The van der Waals surface area contributed by atoms with Crippen LogP contribution in [0, 0.1) is 0 Å². The van der Waals surface area contributed by atoms with Crippen molar-refractivity contribution in [3.63, 3.8) is 0 Å². The van der Waals surface area contributed by atoms with E-state index in [-0.39, 0.29) is 32.0 Å². The summed E-state index contributed by atoms with van der Waals surface area (Å²) in [5, 5.41) is 0. The van der Waals surface area contributed by atoms with E-state index in [2.05, 4.69) is 74.6 Å². The van der Waals surface area contributed by atoms with Gasteiger partial charge in [0.25, 0.3) is 0 Å². The molecule has 2 unspecified atom stereocenters. The van der Waals surface area contributed by atoms with Crippen LogP contribution >= 0.6 is 0 Å². The molecule has 0 aromatic carbocycles. The molecule has 0 aliphatic carbocycles. The first-order chi connectivity index (χ1) is 26.9. The maximum atomic E-state index is 12.7. The Labute approximate surface area is 337 Å². The Balaban J connectivity index is 4.38. The summed E-state index contributed by atoms with van der Waals surface area (Å²) in [7, 11) is 0. The molecule has 0 bridgehead atoms. The van der Waals surface area contributed by atoms with Crippen molar-refractivity contribution < 1.29 is 33.3 Å². The lowest BCUT2D eigenvalue weighted by Gasteiger charge is -2.19. The molecule has 0 saturated heterocycles. The van der Waals surface area contributed by atoms with Gasteiger partial charge in [-0.2, -0.15) is 0 Å². The van der Waals surface area contributed by atoms with Crippen molar-refractivity contribution in [3.05, 3.63) is 72.9 Å². The number of rotatable bonds is 38. The van der Waals surface area contributed by atoms with Gasteiger partial charge in [0.05, 0.1) is 13.0 Å². The summed E-state index contributed by atoms with van der Waals surface area (Å²) in [4.78, 5) is 36.4. The molecule has 7 nitrogen and oxygen atoms in total. The second kappa shape index (κ2) is 42.0. The first-order valence-corrected chi connectivity index (χ1v) is 21.9. The summed E-state index contributed by atoms with van der Waals surface area (Å²) in [5.74, 6) is -1.29. The second-order valence-corrected chi connectivity index (χ2v) is 14.3. The van der Waals surface area contributed by atoms with Gasteiger partial charge < -0.3 is 18.9 Å². The third kappa shape index (κ3) is 40.3. The van der Waals surface area contributed by atoms with Crippen LogP contribution in [0.2, 0.25) is 0 Å². The number of carbonyl (C=O) groups is 3. The van der Waals surface area contributed by atoms with Crippen LogP contribution in [0.15, 0.2) is 72.9 Å². The fourth-order valence-corrected chi connectivity index (χ4v) is 5.75. The lowest BCUT2D eigenvalue weighted by Crippen LogP contribution is -2.31. The summed E-state index contributed by atoms with van der Waals surface area (Å²) in [6.07, 6.45) is 49.7. The average Bonchev–Trinajstić information content (AvgIpc) is 3.17. The molecule has 0 heterocycles. The van der Waals surface area contributed by atoms with E-state index in [0.717, 1.165) is 51.4 Å². The summed E-state index contributed by atoms with van der Waals surface area (Å²) in [6, 6.07) is 0. The van der Waals surface area contributed by atoms with Gasteiger partial charge in [0.2, 0.25) is 0 Å². The minimum absolute atomic E-state index is 0.0423. The average molecular weight is 769 g/mol. The van der Waals surface area contributed by atoms with Crippen LogP contribution in [0.25, 0.3) is 0 Å². The van der Waals surface area contributed by atoms with E-state index in [9.17, 15) is 14.4 Å². The van der Waals surface area contributed by atoms with Crippen molar-refractivity contribution in [1.29, 1.82) is 0 Å². The highest BCUT2D eigenvalue weighted by Crippen LogP contribution is 2.13. The van der Waals surface area contributed by atoms with Crippen LogP contribution < -0.4 is 0 Å². The molecular formula is C48H80O7. The highest BCUT2D eigenvalue weighted by molar-refractivity contribution is 5.72. The van der Waals surface area contributed by atoms with Gasteiger partial charge in [-0.3, -0.25) is 14.4 Å². The third-order valence-corrected chi connectivity index (χ3v) is 8.97. The Morgan fingerprint density at radius 2 is 0.945 bits per heavy atom.